The van der Waals surface area contributed by atoms with Gasteiger partial charge in [-0.3, -0.25) is 9.59 Å². The Balaban J connectivity index is 1.69. The van der Waals surface area contributed by atoms with Gasteiger partial charge >= 0.3 is 0 Å². The SMILES string of the molecule is Cc1cccc(NC(=O)CN(C)C(=O)c2cc3cc(Br)ccc3o2)c1C. The van der Waals surface area contributed by atoms with Crippen LogP contribution in [0.25, 0.3) is 11.0 Å². The predicted molar refractivity (Wildman–Crippen MR) is 105 cm³/mol. The van der Waals surface area contributed by atoms with E-state index in [1.165, 1.54) is 4.90 Å². The van der Waals surface area contributed by atoms with Gasteiger partial charge in [-0.15, -0.1) is 0 Å². The van der Waals surface area contributed by atoms with Crippen LogP contribution in [0.4, 0.5) is 5.69 Å². The van der Waals surface area contributed by atoms with Crippen LogP contribution < -0.4 is 5.32 Å². The summed E-state index contributed by atoms with van der Waals surface area (Å²) in [6, 6.07) is 12.9. The predicted octanol–water partition coefficient (Wildman–Crippen LogP) is 4.52. The molecular weight excluding hydrogens is 396 g/mol. The number of rotatable bonds is 4. The molecule has 0 atom stereocenters. The van der Waals surface area contributed by atoms with Crippen molar-refractivity contribution >= 4 is 44.4 Å². The summed E-state index contributed by atoms with van der Waals surface area (Å²) < 4.78 is 6.51. The first-order valence-corrected chi connectivity index (χ1v) is 8.95. The van der Waals surface area contributed by atoms with Crippen LogP contribution in [-0.4, -0.2) is 30.3 Å². The molecule has 3 rings (SSSR count). The van der Waals surface area contributed by atoms with Gasteiger partial charge in [0.25, 0.3) is 5.91 Å². The fraction of sp³-hybridized carbons (Fsp3) is 0.200. The number of aryl methyl sites for hydroxylation is 1. The van der Waals surface area contributed by atoms with Gasteiger partial charge in [0.15, 0.2) is 5.76 Å². The first-order valence-electron chi connectivity index (χ1n) is 8.16. The summed E-state index contributed by atoms with van der Waals surface area (Å²) in [6.07, 6.45) is 0. The summed E-state index contributed by atoms with van der Waals surface area (Å²) in [5.41, 5.74) is 3.49. The zero-order valence-electron chi connectivity index (χ0n) is 14.8. The van der Waals surface area contributed by atoms with Gasteiger partial charge in [-0.2, -0.15) is 0 Å². The van der Waals surface area contributed by atoms with E-state index < -0.39 is 0 Å². The maximum Gasteiger partial charge on any atom is 0.289 e. The first kappa shape index (κ1) is 18.2. The summed E-state index contributed by atoms with van der Waals surface area (Å²) in [4.78, 5) is 26.2. The van der Waals surface area contributed by atoms with Crippen LogP contribution in [0.15, 0.2) is 51.4 Å². The van der Waals surface area contributed by atoms with E-state index in [0.717, 1.165) is 26.7 Å². The minimum absolute atomic E-state index is 0.0625. The van der Waals surface area contributed by atoms with E-state index in [1.807, 2.05) is 44.2 Å². The molecule has 2 amide bonds. The maximum atomic E-state index is 12.5. The molecule has 1 aromatic heterocycles. The highest BCUT2D eigenvalue weighted by molar-refractivity contribution is 9.10. The lowest BCUT2D eigenvalue weighted by molar-refractivity contribution is -0.116. The quantitative estimate of drug-likeness (QED) is 0.682. The number of hydrogen-bond donors (Lipinski definition) is 1. The van der Waals surface area contributed by atoms with Crippen molar-refractivity contribution < 1.29 is 14.0 Å². The van der Waals surface area contributed by atoms with Crippen molar-refractivity contribution in [1.29, 1.82) is 0 Å². The van der Waals surface area contributed by atoms with Crippen molar-refractivity contribution in [3.05, 3.63) is 63.8 Å². The molecule has 0 saturated heterocycles. The number of fused-ring (bicyclic) bond motifs is 1. The number of anilines is 1. The Labute approximate surface area is 160 Å². The molecule has 1 N–H and O–H groups in total. The van der Waals surface area contributed by atoms with Crippen molar-refractivity contribution in [2.45, 2.75) is 13.8 Å². The molecule has 0 saturated carbocycles. The molecule has 0 radical (unpaired) electrons. The zero-order chi connectivity index (χ0) is 18.8. The highest BCUT2D eigenvalue weighted by Gasteiger charge is 2.19. The van der Waals surface area contributed by atoms with Crippen LogP contribution in [0.2, 0.25) is 0 Å². The minimum Gasteiger partial charge on any atom is -0.451 e. The number of furan rings is 1. The second-order valence-corrected chi connectivity index (χ2v) is 7.17. The van der Waals surface area contributed by atoms with Gasteiger partial charge in [0, 0.05) is 22.6 Å². The van der Waals surface area contributed by atoms with E-state index in [1.54, 1.807) is 19.2 Å². The van der Waals surface area contributed by atoms with Crippen LogP contribution in [-0.2, 0) is 4.79 Å². The molecule has 26 heavy (non-hydrogen) atoms. The van der Waals surface area contributed by atoms with E-state index in [4.69, 9.17) is 4.42 Å². The molecule has 0 aliphatic rings. The van der Waals surface area contributed by atoms with Gasteiger partial charge in [-0.1, -0.05) is 28.1 Å². The molecule has 5 nitrogen and oxygen atoms in total. The van der Waals surface area contributed by atoms with Gasteiger partial charge in [0.1, 0.15) is 5.58 Å². The number of hydrogen-bond acceptors (Lipinski definition) is 3. The Morgan fingerprint density at radius 1 is 1.15 bits per heavy atom. The van der Waals surface area contributed by atoms with E-state index in [2.05, 4.69) is 21.2 Å². The Hall–Kier alpha value is -2.60. The van der Waals surface area contributed by atoms with Gasteiger partial charge in [-0.05, 0) is 55.3 Å². The largest absolute Gasteiger partial charge is 0.451 e. The summed E-state index contributed by atoms with van der Waals surface area (Å²) >= 11 is 3.39. The van der Waals surface area contributed by atoms with Crippen LogP contribution in [0.5, 0.6) is 0 Å². The number of halogens is 1. The van der Waals surface area contributed by atoms with Crippen molar-refractivity contribution in [1.82, 2.24) is 4.90 Å². The molecule has 2 aromatic carbocycles. The number of nitrogens with zero attached hydrogens (tertiary/aromatic N) is 1. The molecule has 3 aromatic rings. The smallest absolute Gasteiger partial charge is 0.289 e. The van der Waals surface area contributed by atoms with Crippen LogP contribution in [0.3, 0.4) is 0 Å². The standard InChI is InChI=1S/C20H19BrN2O3/c1-12-5-4-6-16(13(12)2)22-19(24)11-23(3)20(25)18-10-14-9-15(21)7-8-17(14)26-18/h4-10H,11H2,1-3H3,(H,22,24). The number of carbonyl (C=O) groups excluding carboxylic acids is 2. The number of amides is 2. The second-order valence-electron chi connectivity index (χ2n) is 6.25. The molecule has 1 heterocycles. The monoisotopic (exact) mass is 414 g/mol. The summed E-state index contributed by atoms with van der Waals surface area (Å²) in [6.45, 7) is 3.87. The lowest BCUT2D eigenvalue weighted by atomic mass is 10.1. The molecule has 0 bridgehead atoms. The molecule has 0 unspecified atom stereocenters. The minimum atomic E-state index is -0.339. The Bertz CT molecular complexity index is 994. The third-order valence-corrected chi connectivity index (χ3v) is 4.79. The molecular formula is C20H19BrN2O3. The fourth-order valence-corrected chi connectivity index (χ4v) is 3.05. The summed E-state index contributed by atoms with van der Waals surface area (Å²) in [5.74, 6) is -0.387. The van der Waals surface area contributed by atoms with Crippen molar-refractivity contribution in [2.75, 3.05) is 18.9 Å². The lowest BCUT2D eigenvalue weighted by Gasteiger charge is -2.16. The van der Waals surface area contributed by atoms with Crippen LogP contribution in [0, 0.1) is 13.8 Å². The number of likely N-dealkylation sites (N-methyl/N-ethyl adjacent to an activating group) is 1. The maximum absolute atomic E-state index is 12.5. The van der Waals surface area contributed by atoms with Gasteiger partial charge < -0.3 is 14.6 Å². The summed E-state index contributed by atoms with van der Waals surface area (Å²) in [5, 5.41) is 3.68. The third-order valence-electron chi connectivity index (χ3n) is 4.30. The molecule has 134 valence electrons. The van der Waals surface area contributed by atoms with Crippen molar-refractivity contribution in [2.24, 2.45) is 0 Å². The van der Waals surface area contributed by atoms with Gasteiger partial charge in [0.2, 0.25) is 5.91 Å². The van der Waals surface area contributed by atoms with Crippen LogP contribution >= 0.6 is 15.9 Å². The molecule has 6 heteroatoms. The highest BCUT2D eigenvalue weighted by Crippen LogP contribution is 2.24. The second kappa shape index (κ2) is 7.33. The highest BCUT2D eigenvalue weighted by atomic mass is 79.9. The molecule has 0 spiro atoms. The normalized spacial score (nSPS) is 10.8. The van der Waals surface area contributed by atoms with Gasteiger partial charge in [0.05, 0.1) is 6.54 Å². The van der Waals surface area contributed by atoms with Gasteiger partial charge in [-0.25, -0.2) is 0 Å². The number of nitrogens with one attached hydrogen (secondary N) is 1. The van der Waals surface area contributed by atoms with E-state index >= 15 is 0 Å². The average molecular weight is 415 g/mol. The third kappa shape index (κ3) is 3.80. The Morgan fingerprint density at radius 2 is 1.92 bits per heavy atom. The summed E-state index contributed by atoms with van der Waals surface area (Å²) in [7, 11) is 1.58. The Kier molecular flexibility index (Phi) is 5.13. The van der Waals surface area contributed by atoms with E-state index in [0.29, 0.717) is 5.58 Å². The molecule has 0 aliphatic carbocycles. The topological polar surface area (TPSA) is 62.6 Å². The van der Waals surface area contributed by atoms with E-state index in [9.17, 15) is 9.59 Å². The molecule has 0 aliphatic heterocycles. The van der Waals surface area contributed by atoms with E-state index in [-0.39, 0.29) is 24.1 Å². The Morgan fingerprint density at radius 3 is 2.69 bits per heavy atom. The zero-order valence-corrected chi connectivity index (χ0v) is 16.4. The van der Waals surface area contributed by atoms with Crippen molar-refractivity contribution in [3.8, 4) is 0 Å². The number of carbonyl (C=O) groups is 2. The number of benzene rings is 2. The average Bonchev–Trinajstić information content (AvgIpc) is 3.01. The fourth-order valence-electron chi connectivity index (χ4n) is 2.67. The van der Waals surface area contributed by atoms with Crippen LogP contribution in [0.1, 0.15) is 21.7 Å². The first-order chi connectivity index (χ1) is 12.3. The lowest BCUT2D eigenvalue weighted by Crippen LogP contribution is -2.34. The molecule has 0 fully saturated rings. The van der Waals surface area contributed by atoms with Crippen molar-refractivity contribution in [3.63, 3.8) is 0 Å².